The summed E-state index contributed by atoms with van der Waals surface area (Å²) in [5.74, 6) is -0.856. The molecule has 0 radical (unpaired) electrons. The number of methoxy groups -OCH3 is 2. The van der Waals surface area contributed by atoms with E-state index in [1.807, 2.05) is 6.07 Å². The number of thiazole rings is 1. The van der Waals surface area contributed by atoms with Crippen molar-refractivity contribution in [3.8, 4) is 22.1 Å². The lowest BCUT2D eigenvalue weighted by atomic mass is 10.1. The van der Waals surface area contributed by atoms with Gasteiger partial charge in [-0.15, -0.1) is 11.3 Å². The first-order valence-corrected chi connectivity index (χ1v) is 11.3. The number of ether oxygens (including phenoxy) is 3. The Morgan fingerprint density at radius 3 is 2.49 bits per heavy atom. The summed E-state index contributed by atoms with van der Waals surface area (Å²) in [7, 11) is 4.49. The predicted octanol–water partition coefficient (Wildman–Crippen LogP) is 2.78. The average Bonchev–Trinajstić information content (AvgIpc) is 3.41. The summed E-state index contributed by atoms with van der Waals surface area (Å²) in [6.45, 7) is -0.505. The molecule has 0 saturated carbocycles. The van der Waals surface area contributed by atoms with Gasteiger partial charge in [-0.05, 0) is 36.4 Å². The molecule has 35 heavy (non-hydrogen) atoms. The Morgan fingerprint density at radius 1 is 1.00 bits per heavy atom. The maximum atomic E-state index is 12.2. The van der Waals surface area contributed by atoms with Crippen molar-refractivity contribution in [1.82, 2.24) is 9.88 Å². The molecule has 1 aromatic heterocycles. The highest BCUT2D eigenvalue weighted by Crippen LogP contribution is 2.33. The lowest BCUT2D eigenvalue weighted by molar-refractivity contribution is -0.146. The smallest absolute Gasteiger partial charge is 0.312 e. The Bertz CT molecular complexity index is 1330. The average molecular weight is 496 g/mol. The van der Waals surface area contributed by atoms with Gasteiger partial charge in [-0.3, -0.25) is 24.1 Å². The number of nitrogens with zero attached hydrogens (tertiary/aromatic N) is 2. The first-order chi connectivity index (χ1) is 16.8. The normalized spacial score (nSPS) is 12.4. The number of fused-ring (bicyclic) bond motifs is 1. The van der Waals surface area contributed by atoms with Crippen molar-refractivity contribution in [3.05, 3.63) is 58.6 Å². The topological polar surface area (TPSA) is 124 Å². The van der Waals surface area contributed by atoms with Crippen LogP contribution in [0.1, 0.15) is 26.4 Å². The van der Waals surface area contributed by atoms with Gasteiger partial charge in [0.25, 0.3) is 17.7 Å². The molecule has 180 valence electrons. The van der Waals surface area contributed by atoms with E-state index in [0.717, 1.165) is 10.5 Å². The van der Waals surface area contributed by atoms with E-state index in [1.165, 1.54) is 36.6 Å². The Morgan fingerprint density at radius 2 is 1.74 bits per heavy atom. The van der Waals surface area contributed by atoms with Crippen LogP contribution < -0.4 is 14.8 Å². The van der Waals surface area contributed by atoms with E-state index in [4.69, 9.17) is 14.2 Å². The second kappa shape index (κ2) is 9.94. The third-order valence-electron chi connectivity index (χ3n) is 5.25. The summed E-state index contributed by atoms with van der Waals surface area (Å²) in [6, 6.07) is 9.81. The van der Waals surface area contributed by atoms with Crippen LogP contribution in [0, 0.1) is 0 Å². The fraction of sp³-hybridized carbons (Fsp3) is 0.208. The zero-order chi connectivity index (χ0) is 25.1. The van der Waals surface area contributed by atoms with Gasteiger partial charge in [0.1, 0.15) is 5.01 Å². The van der Waals surface area contributed by atoms with Gasteiger partial charge in [0.05, 0.1) is 37.5 Å². The molecule has 2 heterocycles. The number of esters is 1. The van der Waals surface area contributed by atoms with Gasteiger partial charge in [0, 0.05) is 23.7 Å². The van der Waals surface area contributed by atoms with E-state index in [0.29, 0.717) is 27.9 Å². The minimum atomic E-state index is -0.610. The lowest BCUT2D eigenvalue weighted by Crippen LogP contribution is -2.24. The maximum absolute atomic E-state index is 12.2. The Balaban J connectivity index is 1.31. The number of hydrogen-bond acceptors (Lipinski definition) is 9. The largest absolute Gasteiger partial charge is 0.493 e. The molecule has 0 unspecified atom stereocenters. The molecule has 0 aliphatic carbocycles. The van der Waals surface area contributed by atoms with Gasteiger partial charge in [-0.2, -0.15) is 0 Å². The van der Waals surface area contributed by atoms with Crippen LogP contribution in [0.3, 0.4) is 0 Å². The fourth-order valence-corrected chi connectivity index (χ4v) is 4.29. The number of anilines is 1. The van der Waals surface area contributed by atoms with Crippen molar-refractivity contribution in [1.29, 1.82) is 0 Å². The first-order valence-electron chi connectivity index (χ1n) is 10.4. The van der Waals surface area contributed by atoms with Crippen LogP contribution in [-0.2, 0) is 20.7 Å². The number of imide groups is 1. The SMILES string of the molecule is COc1ccc(-c2nc(CC(=O)OCC(=O)Nc3ccc4c(c3)C(=O)N(C)C4=O)cs2)cc1OC. The summed E-state index contributed by atoms with van der Waals surface area (Å²) in [4.78, 5) is 53.9. The predicted molar refractivity (Wildman–Crippen MR) is 127 cm³/mol. The molecule has 1 N–H and O–H groups in total. The quantitative estimate of drug-likeness (QED) is 0.374. The van der Waals surface area contributed by atoms with Crippen LogP contribution in [0.15, 0.2) is 41.8 Å². The molecule has 11 heteroatoms. The van der Waals surface area contributed by atoms with E-state index in [-0.39, 0.29) is 17.5 Å². The number of benzene rings is 2. The molecule has 2 aromatic carbocycles. The van der Waals surface area contributed by atoms with E-state index in [9.17, 15) is 19.2 Å². The van der Waals surface area contributed by atoms with Crippen LogP contribution in [0.25, 0.3) is 10.6 Å². The fourth-order valence-electron chi connectivity index (χ4n) is 3.47. The molecule has 10 nitrogen and oxygen atoms in total. The van der Waals surface area contributed by atoms with Crippen LogP contribution in [-0.4, -0.2) is 61.4 Å². The van der Waals surface area contributed by atoms with Gasteiger partial charge in [-0.1, -0.05) is 0 Å². The Kier molecular flexibility index (Phi) is 6.78. The Labute approximate surface area is 204 Å². The molecular weight excluding hydrogens is 474 g/mol. The summed E-state index contributed by atoms with van der Waals surface area (Å²) in [5.41, 5.74) is 2.13. The second-order valence-corrected chi connectivity index (χ2v) is 8.39. The third-order valence-corrected chi connectivity index (χ3v) is 6.19. The number of carbonyl (C=O) groups excluding carboxylic acids is 4. The monoisotopic (exact) mass is 495 g/mol. The summed E-state index contributed by atoms with van der Waals surface area (Å²) in [5, 5.41) is 4.99. The lowest BCUT2D eigenvalue weighted by Gasteiger charge is -2.08. The molecule has 1 aliphatic rings. The first kappa shape index (κ1) is 23.9. The highest BCUT2D eigenvalue weighted by molar-refractivity contribution is 7.13. The third kappa shape index (κ3) is 4.99. The second-order valence-electron chi connectivity index (χ2n) is 7.53. The standard InChI is InChI=1S/C24H21N3O7S/c1-27-23(30)16-6-5-14(9-17(16)24(27)31)25-20(28)11-34-21(29)10-15-12-35-22(26-15)13-4-7-18(32-2)19(8-13)33-3/h4-9,12H,10-11H2,1-3H3,(H,25,28). The number of amides is 3. The zero-order valence-electron chi connectivity index (χ0n) is 19.1. The van der Waals surface area contributed by atoms with Gasteiger partial charge in [0.2, 0.25) is 0 Å². The summed E-state index contributed by atoms with van der Waals surface area (Å²) < 4.78 is 15.6. The van der Waals surface area contributed by atoms with Gasteiger partial charge in [0.15, 0.2) is 18.1 Å². The molecule has 0 bridgehead atoms. The van der Waals surface area contributed by atoms with Crippen LogP contribution >= 0.6 is 11.3 Å². The maximum Gasteiger partial charge on any atom is 0.312 e. The van der Waals surface area contributed by atoms with Crippen molar-refractivity contribution < 1.29 is 33.4 Å². The van der Waals surface area contributed by atoms with Crippen molar-refractivity contribution >= 4 is 40.7 Å². The van der Waals surface area contributed by atoms with Crippen molar-refractivity contribution in [2.45, 2.75) is 6.42 Å². The number of hydrogen-bond donors (Lipinski definition) is 1. The van der Waals surface area contributed by atoms with Gasteiger partial charge >= 0.3 is 5.97 Å². The van der Waals surface area contributed by atoms with Gasteiger partial charge < -0.3 is 19.5 Å². The van der Waals surface area contributed by atoms with E-state index < -0.39 is 30.3 Å². The minimum Gasteiger partial charge on any atom is -0.493 e. The van der Waals surface area contributed by atoms with Crippen LogP contribution in [0.5, 0.6) is 11.5 Å². The van der Waals surface area contributed by atoms with Crippen LogP contribution in [0.4, 0.5) is 5.69 Å². The molecular formula is C24H21N3O7S. The molecule has 4 rings (SSSR count). The van der Waals surface area contributed by atoms with Crippen molar-refractivity contribution in [2.75, 3.05) is 33.2 Å². The van der Waals surface area contributed by atoms with E-state index >= 15 is 0 Å². The number of carbonyl (C=O) groups is 4. The minimum absolute atomic E-state index is 0.0984. The highest BCUT2D eigenvalue weighted by Gasteiger charge is 2.32. The molecule has 0 spiro atoms. The zero-order valence-corrected chi connectivity index (χ0v) is 19.9. The summed E-state index contributed by atoms with van der Waals surface area (Å²) in [6.07, 6.45) is -0.0984. The summed E-state index contributed by atoms with van der Waals surface area (Å²) >= 11 is 1.36. The molecule has 1 aliphatic heterocycles. The Hall–Kier alpha value is -4.25. The molecule has 3 amide bonds. The number of rotatable bonds is 8. The van der Waals surface area contributed by atoms with Crippen molar-refractivity contribution in [2.24, 2.45) is 0 Å². The van der Waals surface area contributed by atoms with E-state index in [1.54, 1.807) is 31.7 Å². The molecule has 0 fully saturated rings. The van der Waals surface area contributed by atoms with Crippen LogP contribution in [0.2, 0.25) is 0 Å². The van der Waals surface area contributed by atoms with Crippen molar-refractivity contribution in [3.63, 3.8) is 0 Å². The highest BCUT2D eigenvalue weighted by atomic mass is 32.1. The van der Waals surface area contributed by atoms with Gasteiger partial charge in [-0.25, -0.2) is 4.98 Å². The van der Waals surface area contributed by atoms with E-state index in [2.05, 4.69) is 10.3 Å². The molecule has 0 atom stereocenters. The molecule has 3 aromatic rings. The molecule has 0 saturated heterocycles. The number of nitrogens with one attached hydrogen (secondary N) is 1. The number of aromatic nitrogens is 1.